The van der Waals surface area contributed by atoms with Crippen LogP contribution in [-0.4, -0.2) is 252 Å². The Hall–Kier alpha value is -12.3. The monoisotopic (exact) mass is 1630 g/mol. The predicted molar refractivity (Wildman–Crippen MR) is 418 cm³/mol. The van der Waals surface area contributed by atoms with E-state index in [4.69, 9.17) is 22.0 Å². The molecule has 0 saturated carbocycles. The standard InChI is InChI=1S/C75H111N21O20/c1-36(2)25-49(63(105)82-33-56(100)86-53(29-57(101)102)64(106)83-34-58(103)104)88-67(109)52(28-44-32-79-35-84-44)91-70(112)60(38(5)6)93-69(111)54-18-14-24-96(54)74(116)40(9)85-73(115)62(41(10)97)95-68(110)50(26-42-19-21-45(98)22-20-42)89-65(107)48(17-13-23-80-75(77)78)87-66(108)51(27-43-31-81-47-16-12-11-15-46(43)47)90-71(113)61(39(7)8)94-72(114)59(37(3)4)92-55(99)30-76/h11-12,15-16,19-22,31-32,35-41,48-54,59-62,81,97-98H,13-14,17-18,23-30,33-34,76H2,1-10H3,(H,79,84)(H,82,105)(H,83,106)(H,85,115)(H,86,100)(H,87,108)(H,88,109)(H,89,107)(H,90,113)(H,91,112)(H,92,99)(H,93,111)(H,94,114)(H,95,110)(H,101,102)(H,103,104)(H4,77,78,80)/t40-,41+,48-,49-,50-,51-,52-,53-,54-,59-,60-,61-,62-/m0/s1. The number of aliphatic carboxylic acids is 2. The molecule has 5 rings (SSSR count). The van der Waals surface area contributed by atoms with E-state index in [2.05, 4.69) is 84.1 Å². The summed E-state index contributed by atoms with van der Waals surface area (Å²) in [5, 5.41) is 83.4. The van der Waals surface area contributed by atoms with Crippen LogP contribution in [0.5, 0.6) is 5.75 Å². The number of carboxylic acid groups (broad SMARTS) is 2. The Kier molecular flexibility index (Phi) is 37.0. The van der Waals surface area contributed by atoms with Crippen LogP contribution < -0.4 is 85.9 Å². The van der Waals surface area contributed by atoms with Crippen molar-refractivity contribution in [2.24, 2.45) is 35.1 Å². The van der Waals surface area contributed by atoms with E-state index in [0.717, 1.165) is 6.92 Å². The molecule has 116 heavy (non-hydrogen) atoms. The second kappa shape index (κ2) is 45.6. The summed E-state index contributed by atoms with van der Waals surface area (Å²) in [4.78, 5) is 230. The lowest BCUT2D eigenvalue weighted by Gasteiger charge is -2.31. The molecule has 0 aliphatic carbocycles. The number of carboxylic acids is 2. The number of aliphatic hydroxyl groups is 1. The molecule has 13 atom stereocenters. The molecule has 2 aromatic heterocycles. The summed E-state index contributed by atoms with van der Waals surface area (Å²) in [6, 6.07) is -4.98. The summed E-state index contributed by atoms with van der Waals surface area (Å²) < 4.78 is 0. The number of carbonyl (C=O) groups is 16. The minimum Gasteiger partial charge on any atom is -0.508 e. The van der Waals surface area contributed by atoms with Crippen molar-refractivity contribution >= 4 is 112 Å². The number of benzene rings is 2. The Morgan fingerprint density at radius 3 is 1.66 bits per heavy atom. The SMILES string of the molecule is CC(C)C[C@H](NC(=O)[C@H](Cc1cnc[nH]1)NC(=O)[C@@H](NC(=O)[C@@H]1CCCN1C(=O)[C@H](C)NC(=O)[C@@H](NC(=O)[C@H](Cc1ccc(O)cc1)NC(=O)[C@H](CCCNC(=N)N)NC(=O)[C@H](Cc1c[nH]c2ccccc12)NC(=O)[C@@H](NC(=O)[C@@H](NC(=O)CN)C(C)C)C(C)C)[C@@H](C)O)C(C)C)C(=O)NCC(=O)N[C@@H](CC(=O)O)C(=O)NCC(=O)O. The van der Waals surface area contributed by atoms with E-state index >= 15 is 0 Å². The zero-order valence-electron chi connectivity index (χ0n) is 66.4. The third-order valence-corrected chi connectivity index (χ3v) is 18.8. The van der Waals surface area contributed by atoms with Gasteiger partial charge in [0, 0.05) is 61.3 Å². The van der Waals surface area contributed by atoms with E-state index in [1.807, 2.05) is 5.32 Å². The largest absolute Gasteiger partial charge is 0.508 e. The molecule has 1 aliphatic rings. The number of fused-ring (bicyclic) bond motifs is 1. The van der Waals surface area contributed by atoms with Gasteiger partial charge in [0.2, 0.25) is 82.7 Å². The summed E-state index contributed by atoms with van der Waals surface area (Å²) in [6.45, 7) is 13.6. The van der Waals surface area contributed by atoms with Crippen LogP contribution in [0.25, 0.3) is 10.9 Å². The molecule has 3 heterocycles. The average Bonchev–Trinajstić information content (AvgIpc) is 1.56. The Bertz CT molecular complexity index is 4110. The van der Waals surface area contributed by atoms with Crippen molar-refractivity contribution in [2.45, 2.75) is 206 Å². The van der Waals surface area contributed by atoms with Gasteiger partial charge in [-0.25, -0.2) is 4.98 Å². The van der Waals surface area contributed by atoms with Crippen LogP contribution in [-0.2, 0) is 96.0 Å². The Balaban J connectivity index is 1.34. The Morgan fingerprint density at radius 1 is 0.552 bits per heavy atom. The van der Waals surface area contributed by atoms with Crippen molar-refractivity contribution < 1.29 is 97.1 Å². The molecule has 1 saturated heterocycles. The lowest BCUT2D eigenvalue weighted by atomic mass is 9.98. The number of carbonyl (C=O) groups excluding carboxylic acids is 14. The number of aromatic amines is 2. The summed E-state index contributed by atoms with van der Waals surface area (Å²) in [6.07, 6.45) is 1.07. The third kappa shape index (κ3) is 29.9. The van der Waals surface area contributed by atoms with E-state index < -0.39 is 223 Å². The number of hydrogen-bond acceptors (Lipinski definition) is 21. The molecule has 1 fully saturated rings. The van der Waals surface area contributed by atoms with E-state index in [1.165, 1.54) is 48.6 Å². The average molecular weight is 1630 g/mol. The summed E-state index contributed by atoms with van der Waals surface area (Å²) in [5.41, 5.74) is 13.1. The number of nitrogens with one attached hydrogen (secondary N) is 17. The van der Waals surface area contributed by atoms with Gasteiger partial charge in [-0.2, -0.15) is 0 Å². The number of para-hydroxylation sites is 1. The number of aliphatic hydroxyl groups excluding tert-OH is 1. The minimum absolute atomic E-state index is 0.00842. The highest BCUT2D eigenvalue weighted by Gasteiger charge is 2.42. The van der Waals surface area contributed by atoms with Gasteiger partial charge in [0.05, 0.1) is 31.9 Å². The van der Waals surface area contributed by atoms with Crippen molar-refractivity contribution in [3.63, 3.8) is 0 Å². The number of hydrogen-bond donors (Lipinski definition) is 23. The molecule has 0 spiro atoms. The predicted octanol–water partition coefficient (Wildman–Crippen LogP) is -4.62. The maximum Gasteiger partial charge on any atom is 0.322 e. The highest BCUT2D eigenvalue weighted by atomic mass is 16.4. The minimum atomic E-state index is -1.86. The van der Waals surface area contributed by atoms with Crippen LogP contribution in [0.15, 0.2) is 67.3 Å². The maximum atomic E-state index is 15.0. The first kappa shape index (κ1) is 94.3. The quantitative estimate of drug-likeness (QED) is 0.0112. The number of phenolic OH excluding ortho intramolecular Hbond substituents is 1. The van der Waals surface area contributed by atoms with Gasteiger partial charge in [0.1, 0.15) is 84.8 Å². The number of imidazole rings is 1. The number of nitrogens with two attached hydrogens (primary N) is 2. The van der Waals surface area contributed by atoms with E-state index in [-0.39, 0.29) is 76.1 Å². The molecule has 1 aliphatic heterocycles. The first-order valence-corrected chi connectivity index (χ1v) is 38.1. The van der Waals surface area contributed by atoms with Gasteiger partial charge in [0.25, 0.3) is 0 Å². The van der Waals surface area contributed by atoms with Crippen LogP contribution in [0.1, 0.15) is 125 Å². The summed E-state index contributed by atoms with van der Waals surface area (Å²) >= 11 is 0. The zero-order valence-corrected chi connectivity index (χ0v) is 66.4. The summed E-state index contributed by atoms with van der Waals surface area (Å²) in [5.74, 6) is -18.2. The van der Waals surface area contributed by atoms with Crippen LogP contribution >= 0.6 is 0 Å². The molecule has 0 bridgehead atoms. The lowest BCUT2D eigenvalue weighted by molar-refractivity contribution is -0.143. The normalized spacial score (nSPS) is 15.7. The molecule has 14 amide bonds. The molecular formula is C75H111N21O20. The first-order valence-electron chi connectivity index (χ1n) is 38.1. The molecule has 4 aromatic rings. The number of aromatic hydroxyl groups is 1. The Morgan fingerprint density at radius 2 is 1.08 bits per heavy atom. The molecule has 25 N–H and O–H groups in total. The highest BCUT2D eigenvalue weighted by Crippen LogP contribution is 2.23. The summed E-state index contributed by atoms with van der Waals surface area (Å²) in [7, 11) is 0. The number of likely N-dealkylation sites (tertiary alicyclic amines) is 1. The van der Waals surface area contributed by atoms with Crippen molar-refractivity contribution in [1.29, 1.82) is 5.41 Å². The van der Waals surface area contributed by atoms with Crippen molar-refractivity contribution in [3.8, 4) is 5.75 Å². The Labute approximate surface area is 669 Å². The first-order chi connectivity index (χ1) is 54.7. The second-order valence-electron chi connectivity index (χ2n) is 29.8. The maximum absolute atomic E-state index is 15.0. The number of nitrogens with zero attached hydrogens (tertiary/aromatic N) is 2. The number of guanidine groups is 1. The fraction of sp³-hybridized carbons (Fsp3) is 0.547. The highest BCUT2D eigenvalue weighted by molar-refractivity contribution is 6.01. The van der Waals surface area contributed by atoms with Crippen LogP contribution in [0.3, 0.4) is 0 Å². The molecule has 41 nitrogen and oxygen atoms in total. The van der Waals surface area contributed by atoms with Gasteiger partial charge < -0.3 is 121 Å². The van der Waals surface area contributed by atoms with Gasteiger partial charge >= 0.3 is 11.9 Å². The lowest BCUT2D eigenvalue weighted by Crippen LogP contribution is -2.62. The van der Waals surface area contributed by atoms with Crippen LogP contribution in [0.4, 0.5) is 0 Å². The van der Waals surface area contributed by atoms with E-state index in [1.54, 1.807) is 85.9 Å². The van der Waals surface area contributed by atoms with Gasteiger partial charge in [0.15, 0.2) is 5.96 Å². The smallest absolute Gasteiger partial charge is 0.322 e. The molecule has 636 valence electrons. The van der Waals surface area contributed by atoms with Gasteiger partial charge in [-0.05, 0) is 98.9 Å². The molecule has 2 aromatic carbocycles. The van der Waals surface area contributed by atoms with Crippen molar-refractivity contribution in [1.82, 2.24) is 94.3 Å². The number of rotatable bonds is 46. The molecule has 0 radical (unpaired) electrons. The fourth-order valence-corrected chi connectivity index (χ4v) is 12.6. The third-order valence-electron chi connectivity index (χ3n) is 18.8. The van der Waals surface area contributed by atoms with E-state index in [0.29, 0.717) is 27.7 Å². The molecular weight excluding hydrogens is 1510 g/mol. The number of amides is 14. The van der Waals surface area contributed by atoms with Crippen LogP contribution in [0.2, 0.25) is 0 Å². The van der Waals surface area contributed by atoms with Crippen molar-refractivity contribution in [3.05, 3.63) is 84.1 Å². The van der Waals surface area contributed by atoms with Crippen molar-refractivity contribution in [2.75, 3.05) is 32.7 Å². The van der Waals surface area contributed by atoms with E-state index in [9.17, 15) is 92.0 Å². The van der Waals surface area contributed by atoms with Gasteiger partial charge in [-0.15, -0.1) is 0 Å². The number of H-pyrrole nitrogens is 2. The van der Waals surface area contributed by atoms with Crippen LogP contribution in [0, 0.1) is 29.1 Å². The van der Waals surface area contributed by atoms with Gasteiger partial charge in [-0.1, -0.05) is 85.7 Å². The fourth-order valence-electron chi connectivity index (χ4n) is 12.6. The number of phenols is 1. The zero-order chi connectivity index (χ0) is 86.4. The molecule has 0 unspecified atom stereocenters. The topological polar surface area (TPSA) is 646 Å². The number of aromatic nitrogens is 3. The van der Waals surface area contributed by atoms with Gasteiger partial charge in [-0.3, -0.25) is 82.1 Å². The molecule has 41 heteroatoms. The second-order valence-corrected chi connectivity index (χ2v) is 29.8.